The first-order valence-corrected chi connectivity index (χ1v) is 28.7. The number of ether oxygens (including phenoxy) is 2. The predicted octanol–water partition coefficient (Wildman–Crippen LogP) is 14.0. The Morgan fingerprint density at radius 1 is 0.689 bits per heavy atom. The molecule has 2 aliphatic heterocycles. The lowest BCUT2D eigenvalue weighted by Gasteiger charge is -2.67. The number of fused-ring (bicyclic) bond motifs is 1. The van der Waals surface area contributed by atoms with Gasteiger partial charge in [0.15, 0.2) is 31.8 Å². The first-order valence-electron chi connectivity index (χ1n) is 25.8. The van der Waals surface area contributed by atoms with E-state index in [0.717, 1.165) is 13.1 Å². The molecule has 2 saturated heterocycles. The van der Waals surface area contributed by atoms with Crippen molar-refractivity contribution in [1.82, 2.24) is 24.6 Å². The Bertz CT molecular complexity index is 1490. The summed E-state index contributed by atoms with van der Waals surface area (Å²) in [6.45, 7) is 18.6. The Morgan fingerprint density at radius 3 is 1.61 bits per heavy atom. The zero-order valence-corrected chi connectivity index (χ0v) is 41.5. The SMILES string of the molecule is CCCCCCCCCCCCCCCCN(CCCCCCCCCCCCCCCC)OC[C@]12CC3(O[Si](C)(C)C(C)(C)C)OC(C31)[C@H](n1cnc3c(N)ncnc31)O2. The first kappa shape index (κ1) is 50.4. The molecule has 61 heavy (non-hydrogen) atoms. The van der Waals surface area contributed by atoms with Crippen molar-refractivity contribution in [1.29, 1.82) is 0 Å². The summed E-state index contributed by atoms with van der Waals surface area (Å²) >= 11 is 0. The second-order valence-corrected chi connectivity index (χ2v) is 25.7. The quantitative estimate of drug-likeness (QED) is 0.0407. The molecule has 3 fully saturated rings. The zero-order valence-electron chi connectivity index (χ0n) is 40.5. The van der Waals surface area contributed by atoms with Crippen molar-refractivity contribution in [2.75, 3.05) is 25.4 Å². The van der Waals surface area contributed by atoms with E-state index < -0.39 is 25.9 Å². The van der Waals surface area contributed by atoms with E-state index in [2.05, 4.69) is 67.7 Å². The fraction of sp³-hybridized carbons (Fsp3) is 0.900. The molecule has 5 rings (SSSR count). The molecular weight excluding hydrogens is 777 g/mol. The van der Waals surface area contributed by atoms with Gasteiger partial charge in [0.25, 0.3) is 0 Å². The van der Waals surface area contributed by atoms with Crippen LogP contribution in [0.2, 0.25) is 18.1 Å². The zero-order chi connectivity index (χ0) is 43.6. The molecule has 0 radical (unpaired) electrons. The normalized spacial score (nSPS) is 23.5. The number of hydrogen-bond donors (Lipinski definition) is 1. The minimum atomic E-state index is -2.13. The molecule has 2 N–H and O–H groups in total. The van der Waals surface area contributed by atoms with Gasteiger partial charge >= 0.3 is 0 Å². The number of nitrogens with two attached hydrogens (primary N) is 1. The van der Waals surface area contributed by atoms with Gasteiger partial charge in [0.1, 0.15) is 23.5 Å². The van der Waals surface area contributed by atoms with Gasteiger partial charge in [-0.05, 0) is 31.0 Å². The van der Waals surface area contributed by atoms with E-state index in [0.29, 0.717) is 30.0 Å². The molecule has 0 bridgehead atoms. The molecule has 10 nitrogen and oxygen atoms in total. The standard InChI is InChI=1S/C50H92N6O4Si/c1-8-10-12-14-16-18-20-22-24-26-28-30-32-34-36-55(37-35-33-31-29-27-25-23-21-19-17-15-13-11-9-2)57-39-49-38-50(60-61(6,7)48(3,4)5)44(49)43(58-50)47(59-49)56-41-54-42-45(51)52-40-53-46(42)56/h40-41,43-44,47H,8-39H2,1-7H3,(H2,51,52,53)/t43?,44?,47-,49-,50?/m1/s1. The number of nitrogens with zero attached hydrogens (tertiary/aromatic N) is 5. The van der Waals surface area contributed by atoms with Crippen LogP contribution in [-0.4, -0.2) is 70.1 Å². The molecule has 5 atom stereocenters. The second-order valence-electron chi connectivity index (χ2n) is 21.0. The highest BCUT2D eigenvalue weighted by Crippen LogP contribution is 2.71. The average Bonchev–Trinajstić information content (AvgIpc) is 3.69. The third kappa shape index (κ3) is 14.2. The van der Waals surface area contributed by atoms with E-state index in [-0.39, 0.29) is 17.1 Å². The Morgan fingerprint density at radius 2 is 1.15 bits per heavy atom. The Labute approximate surface area is 374 Å². The fourth-order valence-corrected chi connectivity index (χ4v) is 11.4. The molecule has 3 unspecified atom stereocenters. The smallest absolute Gasteiger partial charge is 0.195 e. The molecule has 350 valence electrons. The molecule has 1 saturated carbocycles. The lowest BCUT2D eigenvalue weighted by atomic mass is 9.59. The van der Waals surface area contributed by atoms with Gasteiger partial charge in [-0.2, -0.15) is 5.06 Å². The van der Waals surface area contributed by atoms with Crippen LogP contribution in [0.25, 0.3) is 11.2 Å². The Balaban J connectivity index is 1.11. The lowest BCUT2D eigenvalue weighted by molar-refractivity contribution is -0.431. The monoisotopic (exact) mass is 869 g/mol. The molecule has 1 aliphatic carbocycles. The highest BCUT2D eigenvalue weighted by Gasteiger charge is 2.83. The van der Waals surface area contributed by atoms with E-state index in [1.807, 2.05) is 4.57 Å². The summed E-state index contributed by atoms with van der Waals surface area (Å²) in [6.07, 6.45) is 41.7. The number of hydrogen-bond acceptors (Lipinski definition) is 9. The number of nitrogen functional groups attached to an aromatic ring is 1. The van der Waals surface area contributed by atoms with Crippen molar-refractivity contribution in [3.05, 3.63) is 12.7 Å². The van der Waals surface area contributed by atoms with Crippen LogP contribution in [0.4, 0.5) is 5.82 Å². The van der Waals surface area contributed by atoms with Crippen LogP contribution in [0.15, 0.2) is 12.7 Å². The summed E-state index contributed by atoms with van der Waals surface area (Å²) in [7, 11) is -2.13. The number of aromatic nitrogens is 4. The van der Waals surface area contributed by atoms with Gasteiger partial charge < -0.3 is 19.6 Å². The molecule has 2 aromatic heterocycles. The van der Waals surface area contributed by atoms with Gasteiger partial charge in [-0.25, -0.2) is 15.0 Å². The van der Waals surface area contributed by atoms with Gasteiger partial charge in [-0.15, -0.1) is 0 Å². The van der Waals surface area contributed by atoms with E-state index in [4.69, 9.17) is 24.5 Å². The molecule has 4 heterocycles. The molecule has 0 spiro atoms. The van der Waals surface area contributed by atoms with Gasteiger partial charge in [0.2, 0.25) is 0 Å². The maximum absolute atomic E-state index is 7.12. The number of imidazole rings is 1. The number of anilines is 1. The molecule has 11 heteroatoms. The summed E-state index contributed by atoms with van der Waals surface area (Å²) in [5, 5.41) is 2.35. The largest absolute Gasteiger partial charge is 0.389 e. The summed E-state index contributed by atoms with van der Waals surface area (Å²) in [5.74, 6) is -0.195. The Kier molecular flexibility index (Phi) is 20.8. The van der Waals surface area contributed by atoms with Gasteiger partial charge in [0, 0.05) is 19.5 Å². The van der Waals surface area contributed by atoms with Crippen LogP contribution in [0, 0.1) is 5.92 Å². The van der Waals surface area contributed by atoms with E-state index in [9.17, 15) is 0 Å². The van der Waals surface area contributed by atoms with E-state index in [1.165, 1.54) is 186 Å². The predicted molar refractivity (Wildman–Crippen MR) is 255 cm³/mol. The Hall–Kier alpha value is -1.63. The molecular formula is C50H92N6O4Si. The molecule has 0 amide bonds. The van der Waals surface area contributed by atoms with E-state index in [1.54, 1.807) is 6.33 Å². The van der Waals surface area contributed by atoms with Gasteiger partial charge in [-0.1, -0.05) is 202 Å². The maximum atomic E-state index is 7.12. The molecule has 3 aliphatic rings. The first-order chi connectivity index (χ1) is 29.5. The number of rotatable bonds is 36. The lowest BCUT2D eigenvalue weighted by Crippen LogP contribution is -2.80. The van der Waals surface area contributed by atoms with Crippen molar-refractivity contribution < 1.29 is 18.7 Å². The average molecular weight is 869 g/mol. The minimum Gasteiger partial charge on any atom is -0.389 e. The van der Waals surface area contributed by atoms with Crippen LogP contribution in [-0.2, 0) is 18.7 Å². The molecule has 0 aromatic carbocycles. The van der Waals surface area contributed by atoms with Crippen LogP contribution >= 0.6 is 0 Å². The van der Waals surface area contributed by atoms with Crippen molar-refractivity contribution in [3.8, 4) is 0 Å². The van der Waals surface area contributed by atoms with Crippen LogP contribution in [0.5, 0.6) is 0 Å². The highest BCUT2D eigenvalue weighted by atomic mass is 28.4. The highest BCUT2D eigenvalue weighted by molar-refractivity contribution is 6.74. The van der Waals surface area contributed by atoms with Crippen molar-refractivity contribution in [2.45, 2.75) is 263 Å². The van der Waals surface area contributed by atoms with Gasteiger partial charge in [-0.3, -0.25) is 9.40 Å². The van der Waals surface area contributed by atoms with Crippen molar-refractivity contribution in [3.63, 3.8) is 0 Å². The summed E-state index contributed by atoms with van der Waals surface area (Å²) < 4.78 is 23.0. The van der Waals surface area contributed by atoms with Crippen molar-refractivity contribution >= 4 is 25.3 Å². The minimum absolute atomic E-state index is 0.0662. The van der Waals surface area contributed by atoms with Crippen LogP contribution in [0.1, 0.15) is 227 Å². The van der Waals surface area contributed by atoms with Crippen LogP contribution < -0.4 is 5.73 Å². The topological polar surface area (TPSA) is 110 Å². The fourth-order valence-electron chi connectivity index (χ4n) is 10.0. The third-order valence-corrected chi connectivity index (χ3v) is 19.3. The van der Waals surface area contributed by atoms with Gasteiger partial charge in [0.05, 0.1) is 18.9 Å². The summed E-state index contributed by atoms with van der Waals surface area (Å²) in [6, 6.07) is 0. The summed E-state index contributed by atoms with van der Waals surface area (Å²) in [4.78, 5) is 20.2. The maximum Gasteiger partial charge on any atom is 0.195 e. The number of unbranched alkanes of at least 4 members (excludes halogenated alkanes) is 26. The van der Waals surface area contributed by atoms with E-state index >= 15 is 0 Å². The van der Waals surface area contributed by atoms with Crippen LogP contribution in [0.3, 0.4) is 0 Å². The van der Waals surface area contributed by atoms with Crippen molar-refractivity contribution in [2.24, 2.45) is 5.92 Å². The number of hydroxylamine groups is 2. The summed E-state index contributed by atoms with van der Waals surface area (Å²) in [5.41, 5.74) is 6.95. The third-order valence-electron chi connectivity index (χ3n) is 14.8. The molecule has 2 aromatic rings. The second kappa shape index (κ2) is 25.2.